The van der Waals surface area contributed by atoms with Crippen molar-refractivity contribution in [2.45, 2.75) is 24.8 Å². The molecule has 0 aliphatic carbocycles. The lowest BCUT2D eigenvalue weighted by Crippen LogP contribution is -2.30. The van der Waals surface area contributed by atoms with Crippen molar-refractivity contribution in [3.63, 3.8) is 0 Å². The van der Waals surface area contributed by atoms with E-state index < -0.39 is 0 Å². The van der Waals surface area contributed by atoms with E-state index in [0.29, 0.717) is 10.9 Å². The molecule has 0 unspecified atom stereocenters. The molecule has 2 heterocycles. The van der Waals surface area contributed by atoms with Gasteiger partial charge in [0.05, 0.1) is 0 Å². The first-order valence-corrected chi connectivity index (χ1v) is 10.2. The number of thioether (sulfide) groups is 1. The molecule has 0 radical (unpaired) electrons. The van der Waals surface area contributed by atoms with Crippen LogP contribution in [0.1, 0.15) is 16.7 Å². The summed E-state index contributed by atoms with van der Waals surface area (Å²) in [6.07, 6.45) is 3.63. The molecular weight excluding hydrogens is 382 g/mol. The van der Waals surface area contributed by atoms with E-state index >= 15 is 0 Å². The molecule has 2 aromatic carbocycles. The summed E-state index contributed by atoms with van der Waals surface area (Å²) in [6.45, 7) is 4.08. The van der Waals surface area contributed by atoms with Crippen molar-refractivity contribution in [1.82, 2.24) is 19.5 Å². The zero-order valence-electron chi connectivity index (χ0n) is 16.2. The highest BCUT2D eigenvalue weighted by Gasteiger charge is 2.14. The maximum atomic E-state index is 13.2. The Morgan fingerprint density at radius 2 is 1.69 bits per heavy atom. The van der Waals surface area contributed by atoms with E-state index in [-0.39, 0.29) is 11.4 Å². The lowest BCUT2D eigenvalue weighted by molar-refractivity contribution is 0.533. The Bertz CT molecular complexity index is 1170. The monoisotopic (exact) mass is 403 g/mol. The minimum Gasteiger partial charge on any atom is -0.334 e. The Hall–Kier alpha value is -3.32. The van der Waals surface area contributed by atoms with E-state index in [9.17, 15) is 4.79 Å². The normalized spacial score (nSPS) is 10.8. The summed E-state index contributed by atoms with van der Waals surface area (Å²) in [5.41, 5.74) is 4.05. The Kier molecular flexibility index (Phi) is 5.48. The standard InChI is InChI=1S/C22H21N5OS/c1-16-8-10-19(11-9-16)23-20-21(28)27(26-12-3-4-13-26)22(25-24-20)29-15-18-7-5-6-17(2)14-18/h3-14H,15H2,1-2H3,(H,23,24). The lowest BCUT2D eigenvalue weighted by Gasteiger charge is -2.14. The van der Waals surface area contributed by atoms with Gasteiger partial charge in [-0.25, -0.2) is 0 Å². The van der Waals surface area contributed by atoms with Gasteiger partial charge in [-0.3, -0.25) is 9.47 Å². The predicted octanol–water partition coefficient (Wildman–Crippen LogP) is 4.40. The summed E-state index contributed by atoms with van der Waals surface area (Å²) < 4.78 is 3.25. The molecule has 4 aromatic rings. The minimum absolute atomic E-state index is 0.183. The molecule has 29 heavy (non-hydrogen) atoms. The smallest absolute Gasteiger partial charge is 0.316 e. The number of rotatable bonds is 6. The lowest BCUT2D eigenvalue weighted by atomic mass is 10.2. The number of hydrogen-bond acceptors (Lipinski definition) is 5. The Labute approximate surface area is 173 Å². The molecule has 0 saturated heterocycles. The van der Waals surface area contributed by atoms with E-state index in [4.69, 9.17) is 0 Å². The predicted molar refractivity (Wildman–Crippen MR) is 117 cm³/mol. The zero-order valence-corrected chi connectivity index (χ0v) is 17.1. The molecule has 146 valence electrons. The summed E-state index contributed by atoms with van der Waals surface area (Å²) in [4.78, 5) is 13.2. The van der Waals surface area contributed by atoms with E-state index in [0.717, 1.165) is 11.3 Å². The van der Waals surface area contributed by atoms with Gasteiger partial charge in [-0.1, -0.05) is 59.3 Å². The van der Waals surface area contributed by atoms with Crippen LogP contribution in [0.15, 0.2) is 83.0 Å². The highest BCUT2D eigenvalue weighted by atomic mass is 32.2. The number of aromatic nitrogens is 4. The van der Waals surface area contributed by atoms with E-state index in [1.54, 1.807) is 4.68 Å². The van der Waals surface area contributed by atoms with Gasteiger partial charge < -0.3 is 5.32 Å². The Morgan fingerprint density at radius 3 is 2.41 bits per heavy atom. The van der Waals surface area contributed by atoms with E-state index in [1.807, 2.05) is 61.8 Å². The van der Waals surface area contributed by atoms with Gasteiger partial charge in [-0.05, 0) is 43.7 Å². The van der Waals surface area contributed by atoms with Crippen LogP contribution in [0.5, 0.6) is 0 Å². The Morgan fingerprint density at radius 1 is 0.931 bits per heavy atom. The summed E-state index contributed by atoms with van der Waals surface area (Å²) in [7, 11) is 0. The van der Waals surface area contributed by atoms with Crippen LogP contribution in [-0.4, -0.2) is 19.5 Å². The second-order valence-corrected chi connectivity index (χ2v) is 7.72. The molecule has 1 N–H and O–H groups in total. The van der Waals surface area contributed by atoms with Crippen LogP contribution in [0.3, 0.4) is 0 Å². The average Bonchev–Trinajstić information content (AvgIpc) is 3.24. The third-order valence-corrected chi connectivity index (χ3v) is 5.39. The van der Waals surface area contributed by atoms with Gasteiger partial charge in [-0.2, -0.15) is 4.68 Å². The number of hydrogen-bond donors (Lipinski definition) is 1. The van der Waals surface area contributed by atoms with Crippen molar-refractivity contribution in [3.05, 3.63) is 100 Å². The van der Waals surface area contributed by atoms with Crippen molar-refractivity contribution in [2.75, 3.05) is 5.32 Å². The molecule has 0 aliphatic heterocycles. The van der Waals surface area contributed by atoms with Crippen LogP contribution < -0.4 is 10.9 Å². The summed E-state index contributed by atoms with van der Waals surface area (Å²) in [5, 5.41) is 12.1. The number of nitrogens with one attached hydrogen (secondary N) is 1. The topological polar surface area (TPSA) is 64.7 Å². The first-order valence-electron chi connectivity index (χ1n) is 9.25. The first-order chi connectivity index (χ1) is 14.1. The van der Waals surface area contributed by atoms with Crippen LogP contribution in [-0.2, 0) is 5.75 Å². The third-order valence-electron chi connectivity index (χ3n) is 4.40. The summed E-state index contributed by atoms with van der Waals surface area (Å²) in [6, 6.07) is 19.8. The Balaban J connectivity index is 1.67. The third kappa shape index (κ3) is 4.41. The number of anilines is 2. The molecule has 0 aliphatic rings. The van der Waals surface area contributed by atoms with E-state index in [2.05, 4.69) is 40.6 Å². The van der Waals surface area contributed by atoms with Crippen molar-refractivity contribution in [3.8, 4) is 0 Å². The summed E-state index contributed by atoms with van der Waals surface area (Å²) in [5.74, 6) is 0.879. The first kappa shape index (κ1) is 19.0. The van der Waals surface area contributed by atoms with Crippen LogP contribution in [0.25, 0.3) is 0 Å². The van der Waals surface area contributed by atoms with Crippen molar-refractivity contribution < 1.29 is 0 Å². The SMILES string of the molecule is Cc1ccc(Nc2nnc(SCc3cccc(C)c3)n(-n3cccc3)c2=O)cc1. The fourth-order valence-electron chi connectivity index (χ4n) is 2.92. The van der Waals surface area contributed by atoms with Gasteiger partial charge in [0.15, 0.2) is 0 Å². The molecular formula is C22H21N5OS. The molecule has 0 saturated carbocycles. The fourth-order valence-corrected chi connectivity index (χ4v) is 3.79. The van der Waals surface area contributed by atoms with Gasteiger partial charge in [0.25, 0.3) is 0 Å². The highest BCUT2D eigenvalue weighted by molar-refractivity contribution is 7.98. The highest BCUT2D eigenvalue weighted by Crippen LogP contribution is 2.21. The second-order valence-electron chi connectivity index (χ2n) is 6.78. The second kappa shape index (κ2) is 8.36. The van der Waals surface area contributed by atoms with Gasteiger partial charge in [0, 0.05) is 23.8 Å². The van der Waals surface area contributed by atoms with Crippen molar-refractivity contribution in [1.29, 1.82) is 0 Å². The molecule has 2 aromatic heterocycles. The van der Waals surface area contributed by atoms with Gasteiger partial charge in [0.2, 0.25) is 11.0 Å². The minimum atomic E-state index is -0.261. The largest absolute Gasteiger partial charge is 0.334 e. The zero-order chi connectivity index (χ0) is 20.2. The molecule has 0 atom stereocenters. The van der Waals surface area contributed by atoms with Crippen LogP contribution in [0, 0.1) is 13.8 Å². The molecule has 4 rings (SSSR count). The van der Waals surface area contributed by atoms with Crippen LogP contribution in [0.4, 0.5) is 11.5 Å². The van der Waals surface area contributed by atoms with Gasteiger partial charge in [-0.15, -0.1) is 10.2 Å². The van der Waals surface area contributed by atoms with Crippen molar-refractivity contribution in [2.24, 2.45) is 0 Å². The average molecular weight is 404 g/mol. The summed E-state index contributed by atoms with van der Waals surface area (Å²) >= 11 is 1.48. The van der Waals surface area contributed by atoms with Gasteiger partial charge >= 0.3 is 5.56 Å². The molecule has 0 fully saturated rings. The molecule has 0 spiro atoms. The van der Waals surface area contributed by atoms with Gasteiger partial charge in [0.1, 0.15) is 0 Å². The molecule has 7 heteroatoms. The van der Waals surface area contributed by atoms with E-state index in [1.165, 1.54) is 27.6 Å². The molecule has 0 amide bonds. The quantitative estimate of drug-likeness (QED) is 0.483. The molecule has 0 bridgehead atoms. The van der Waals surface area contributed by atoms with Crippen LogP contribution >= 0.6 is 11.8 Å². The molecule has 6 nitrogen and oxygen atoms in total. The fraction of sp³-hybridized carbons (Fsp3) is 0.136. The van der Waals surface area contributed by atoms with Crippen molar-refractivity contribution >= 4 is 23.3 Å². The van der Waals surface area contributed by atoms with Crippen LogP contribution in [0.2, 0.25) is 0 Å². The maximum Gasteiger partial charge on any atom is 0.316 e. The maximum absolute atomic E-state index is 13.2. The number of benzene rings is 2. The number of aryl methyl sites for hydroxylation is 2. The number of nitrogens with zero attached hydrogens (tertiary/aromatic N) is 4.